The number of nitrogens with zero attached hydrogens (tertiary/aromatic N) is 5. The summed E-state index contributed by atoms with van der Waals surface area (Å²) in [5, 5.41) is 4.22. The molecule has 3 aromatic rings. The minimum absolute atomic E-state index is 0.149. The Hall–Kier alpha value is -2.47. The largest absolute Gasteiger partial charge is 0.356 e. The quantitative estimate of drug-likeness (QED) is 0.405. The summed E-state index contributed by atoms with van der Waals surface area (Å²) < 4.78 is 30.4. The van der Waals surface area contributed by atoms with Crippen molar-refractivity contribution in [3.8, 4) is 11.3 Å². The molecule has 32 heavy (non-hydrogen) atoms. The van der Waals surface area contributed by atoms with Gasteiger partial charge in [0, 0.05) is 45.0 Å². The first-order valence-corrected chi connectivity index (χ1v) is 12.7. The molecule has 4 heterocycles. The van der Waals surface area contributed by atoms with E-state index in [0.29, 0.717) is 36.1 Å². The highest BCUT2D eigenvalue weighted by Gasteiger charge is 2.28. The lowest BCUT2D eigenvalue weighted by Crippen LogP contribution is -2.46. The Labute approximate surface area is 195 Å². The lowest BCUT2D eigenvalue weighted by atomic mass is 10.0. The van der Waals surface area contributed by atoms with Gasteiger partial charge in [-0.15, -0.1) is 11.3 Å². The van der Waals surface area contributed by atoms with Crippen molar-refractivity contribution in [2.75, 3.05) is 20.1 Å². The maximum absolute atomic E-state index is 12.6. The van der Waals surface area contributed by atoms with Crippen LogP contribution in [0.3, 0.4) is 0 Å². The van der Waals surface area contributed by atoms with Crippen LogP contribution in [0.2, 0.25) is 4.34 Å². The molecule has 0 aliphatic carbocycles. The SMILES string of the molecule is C=Nc1[nH]c(-c2cnn(C)c2)cc1C(=NC)N1CCC(NS(=O)(=O)c2ccc(Cl)s2)CC1. The highest BCUT2D eigenvalue weighted by atomic mass is 35.5. The van der Waals surface area contributed by atoms with Crippen molar-refractivity contribution in [3.05, 3.63) is 40.5 Å². The van der Waals surface area contributed by atoms with Gasteiger partial charge in [-0.3, -0.25) is 9.67 Å². The molecule has 4 rings (SSSR count). The number of hydrogen-bond acceptors (Lipinski definition) is 6. The third-order valence-corrected chi connectivity index (χ3v) is 8.60. The molecule has 1 fully saturated rings. The van der Waals surface area contributed by atoms with Gasteiger partial charge in [0.2, 0.25) is 10.0 Å². The summed E-state index contributed by atoms with van der Waals surface area (Å²) in [6, 6.07) is 4.97. The summed E-state index contributed by atoms with van der Waals surface area (Å²) in [6.07, 6.45) is 5.02. The van der Waals surface area contributed by atoms with E-state index in [4.69, 9.17) is 11.6 Å². The van der Waals surface area contributed by atoms with E-state index in [0.717, 1.165) is 34.0 Å². The van der Waals surface area contributed by atoms with Crippen LogP contribution in [0.15, 0.2) is 44.8 Å². The van der Waals surface area contributed by atoms with Crippen molar-refractivity contribution < 1.29 is 8.42 Å². The first-order valence-electron chi connectivity index (χ1n) is 9.99. The number of aromatic amines is 1. The van der Waals surface area contributed by atoms with Crippen LogP contribution in [0.1, 0.15) is 18.4 Å². The van der Waals surface area contributed by atoms with Crippen molar-refractivity contribution in [2.45, 2.75) is 23.1 Å². The molecule has 1 aliphatic heterocycles. The fraction of sp³-hybridized carbons (Fsp3) is 0.350. The third-order valence-electron chi connectivity index (χ3n) is 5.35. The van der Waals surface area contributed by atoms with Crippen molar-refractivity contribution in [1.82, 2.24) is 24.4 Å². The number of likely N-dealkylation sites (tertiary alicyclic amines) is 1. The maximum atomic E-state index is 12.6. The number of piperidine rings is 1. The summed E-state index contributed by atoms with van der Waals surface area (Å²) in [7, 11) is 0.0384. The third kappa shape index (κ3) is 4.65. The maximum Gasteiger partial charge on any atom is 0.250 e. The van der Waals surface area contributed by atoms with Crippen molar-refractivity contribution in [1.29, 1.82) is 0 Å². The van der Waals surface area contributed by atoms with Crippen molar-refractivity contribution in [2.24, 2.45) is 17.0 Å². The lowest BCUT2D eigenvalue weighted by molar-refractivity contribution is 0.302. The van der Waals surface area contributed by atoms with Gasteiger partial charge in [-0.2, -0.15) is 5.10 Å². The Kier molecular flexibility index (Phi) is 6.52. The van der Waals surface area contributed by atoms with E-state index >= 15 is 0 Å². The van der Waals surface area contributed by atoms with Crippen LogP contribution in [0.5, 0.6) is 0 Å². The Morgan fingerprint density at radius 1 is 1.38 bits per heavy atom. The van der Waals surface area contributed by atoms with E-state index in [9.17, 15) is 8.42 Å². The molecule has 9 nitrogen and oxygen atoms in total. The predicted octanol–water partition coefficient (Wildman–Crippen LogP) is 3.28. The van der Waals surface area contributed by atoms with Gasteiger partial charge in [-0.1, -0.05) is 11.6 Å². The number of H-pyrrole nitrogens is 1. The molecule has 3 aromatic heterocycles. The molecule has 0 unspecified atom stereocenters. The molecule has 1 aliphatic rings. The molecular weight excluding hydrogens is 470 g/mol. The fourth-order valence-electron chi connectivity index (χ4n) is 3.82. The molecule has 0 saturated carbocycles. The van der Waals surface area contributed by atoms with E-state index in [1.807, 2.05) is 19.3 Å². The number of rotatable bonds is 6. The molecule has 1 saturated heterocycles. The molecule has 0 atom stereocenters. The molecular formula is C20H24ClN7O2S2. The van der Waals surface area contributed by atoms with E-state index < -0.39 is 10.0 Å². The molecule has 170 valence electrons. The topological polar surface area (TPSA) is 108 Å². The number of aromatic nitrogens is 3. The Balaban J connectivity index is 1.47. The first kappa shape index (κ1) is 22.7. The van der Waals surface area contributed by atoms with Gasteiger partial charge >= 0.3 is 0 Å². The highest BCUT2D eigenvalue weighted by molar-refractivity contribution is 7.91. The number of aliphatic imine (C=N–C) groups is 2. The summed E-state index contributed by atoms with van der Waals surface area (Å²) in [5.74, 6) is 1.44. The summed E-state index contributed by atoms with van der Waals surface area (Å²) in [4.78, 5) is 14.1. The van der Waals surface area contributed by atoms with E-state index in [1.54, 1.807) is 24.0 Å². The van der Waals surface area contributed by atoms with Gasteiger partial charge < -0.3 is 9.88 Å². The summed E-state index contributed by atoms with van der Waals surface area (Å²) in [6.45, 7) is 5.01. The molecule has 0 amide bonds. The van der Waals surface area contributed by atoms with E-state index in [1.165, 1.54) is 6.07 Å². The number of amidine groups is 1. The summed E-state index contributed by atoms with van der Waals surface area (Å²) >= 11 is 6.95. The van der Waals surface area contributed by atoms with E-state index in [2.05, 4.69) is 36.4 Å². The van der Waals surface area contributed by atoms with Crippen LogP contribution in [0.4, 0.5) is 5.82 Å². The predicted molar refractivity (Wildman–Crippen MR) is 129 cm³/mol. The van der Waals surface area contributed by atoms with Gasteiger partial charge in [0.1, 0.15) is 15.9 Å². The molecule has 2 N–H and O–H groups in total. The van der Waals surface area contributed by atoms with Crippen LogP contribution in [0.25, 0.3) is 11.3 Å². The van der Waals surface area contributed by atoms with Crippen molar-refractivity contribution in [3.63, 3.8) is 0 Å². The molecule has 0 radical (unpaired) electrons. The van der Waals surface area contributed by atoms with Crippen LogP contribution >= 0.6 is 22.9 Å². The number of nitrogens with one attached hydrogen (secondary N) is 2. The molecule has 0 spiro atoms. The number of sulfonamides is 1. The average Bonchev–Trinajstić information content (AvgIpc) is 3.49. The number of thiophene rings is 1. The normalized spacial score (nSPS) is 16.0. The molecule has 12 heteroatoms. The lowest BCUT2D eigenvalue weighted by Gasteiger charge is -2.34. The van der Waals surface area contributed by atoms with Gasteiger partial charge in [-0.25, -0.2) is 18.1 Å². The van der Waals surface area contributed by atoms with Crippen LogP contribution < -0.4 is 4.72 Å². The highest BCUT2D eigenvalue weighted by Crippen LogP contribution is 2.30. The molecule has 0 aromatic carbocycles. The van der Waals surface area contributed by atoms with E-state index in [-0.39, 0.29) is 10.3 Å². The number of hydrogen-bond donors (Lipinski definition) is 2. The van der Waals surface area contributed by atoms with Crippen LogP contribution in [-0.4, -0.2) is 66.8 Å². The van der Waals surface area contributed by atoms with Gasteiger partial charge in [0.05, 0.1) is 21.8 Å². The van der Waals surface area contributed by atoms with Gasteiger partial charge in [0.25, 0.3) is 0 Å². The van der Waals surface area contributed by atoms with Crippen molar-refractivity contribution >= 4 is 51.3 Å². The first-order chi connectivity index (χ1) is 15.3. The number of halogens is 1. The Bertz CT molecular complexity index is 1250. The Morgan fingerprint density at radius 2 is 2.12 bits per heavy atom. The zero-order chi connectivity index (χ0) is 22.9. The van der Waals surface area contributed by atoms with Gasteiger partial charge in [-0.05, 0) is 37.8 Å². The average molecular weight is 494 g/mol. The summed E-state index contributed by atoms with van der Waals surface area (Å²) in [5.41, 5.74) is 2.68. The zero-order valence-electron chi connectivity index (χ0n) is 17.7. The monoisotopic (exact) mass is 493 g/mol. The smallest absolute Gasteiger partial charge is 0.250 e. The second-order valence-corrected chi connectivity index (χ2v) is 11.2. The molecule has 0 bridgehead atoms. The number of aryl methyl sites for hydroxylation is 1. The minimum Gasteiger partial charge on any atom is -0.356 e. The van der Waals surface area contributed by atoms with Crippen LogP contribution in [0, 0.1) is 0 Å². The van der Waals surface area contributed by atoms with Gasteiger partial charge in [0.15, 0.2) is 0 Å². The Morgan fingerprint density at radius 3 is 2.69 bits per heavy atom. The standard InChI is InChI=1S/C20H24ClN7O2S2/c1-22-19-15(10-16(25-19)13-11-24-27(3)12-13)20(23-2)28-8-6-14(7-9-28)26-32(29,30)18-5-4-17(21)31-18/h4-5,10-12,14,25-26H,1,6-9H2,2-3H3. The fourth-order valence-corrected chi connectivity index (χ4v) is 6.62. The van der Waals surface area contributed by atoms with Crippen LogP contribution in [-0.2, 0) is 17.1 Å². The minimum atomic E-state index is -3.57. The second kappa shape index (κ2) is 9.18. The zero-order valence-corrected chi connectivity index (χ0v) is 20.1. The second-order valence-electron chi connectivity index (χ2n) is 7.49.